The smallest absolute Gasteiger partial charge is 0.401 e. The van der Waals surface area contributed by atoms with Crippen LogP contribution in [-0.4, -0.2) is 69.4 Å². The van der Waals surface area contributed by atoms with Crippen LogP contribution >= 0.6 is 0 Å². The lowest BCUT2D eigenvalue weighted by molar-refractivity contribution is -0.143. The van der Waals surface area contributed by atoms with Gasteiger partial charge < -0.3 is 15.4 Å². The molecule has 1 heterocycles. The Hall–Kier alpha value is -1.51. The van der Waals surface area contributed by atoms with E-state index in [-0.39, 0.29) is 12.0 Å². The number of nitrogens with one attached hydrogen (secondary N) is 2. The third kappa shape index (κ3) is 10.2. The highest BCUT2D eigenvalue weighted by Crippen LogP contribution is 2.19. The maximum Gasteiger partial charge on any atom is 0.401 e. The summed E-state index contributed by atoms with van der Waals surface area (Å²) in [5, 5.41) is 6.35. The largest absolute Gasteiger partial charge is 0.469 e. The number of guanidine groups is 1. The first kappa shape index (κ1) is 21.5. The van der Waals surface area contributed by atoms with Crippen molar-refractivity contribution in [3.05, 3.63) is 0 Å². The second-order valence-electron chi connectivity index (χ2n) is 6.22. The Morgan fingerprint density at radius 3 is 2.64 bits per heavy atom. The summed E-state index contributed by atoms with van der Waals surface area (Å²) >= 11 is 0. The molecule has 0 saturated carbocycles. The number of rotatable bonds is 9. The average molecular weight is 366 g/mol. The Labute approximate surface area is 147 Å². The lowest BCUT2D eigenvalue weighted by Gasteiger charge is -2.19. The molecule has 1 fully saturated rings. The molecule has 1 saturated heterocycles. The van der Waals surface area contributed by atoms with Crippen LogP contribution < -0.4 is 10.6 Å². The van der Waals surface area contributed by atoms with E-state index < -0.39 is 12.7 Å². The first-order valence-corrected chi connectivity index (χ1v) is 8.67. The summed E-state index contributed by atoms with van der Waals surface area (Å²) < 4.78 is 41.8. The van der Waals surface area contributed by atoms with Gasteiger partial charge in [-0.15, -0.1) is 0 Å². The van der Waals surface area contributed by atoms with E-state index in [1.54, 1.807) is 7.05 Å². The van der Waals surface area contributed by atoms with E-state index in [1.165, 1.54) is 12.0 Å². The van der Waals surface area contributed by atoms with Crippen molar-refractivity contribution in [1.82, 2.24) is 15.5 Å². The predicted molar refractivity (Wildman–Crippen MR) is 90.5 cm³/mol. The van der Waals surface area contributed by atoms with Crippen LogP contribution in [0.25, 0.3) is 0 Å². The van der Waals surface area contributed by atoms with Gasteiger partial charge in [-0.2, -0.15) is 13.2 Å². The highest BCUT2D eigenvalue weighted by atomic mass is 19.4. The lowest BCUT2D eigenvalue weighted by Crippen LogP contribution is -2.45. The molecule has 0 bridgehead atoms. The molecule has 0 aliphatic carbocycles. The highest BCUT2D eigenvalue weighted by Gasteiger charge is 2.34. The van der Waals surface area contributed by atoms with Crippen molar-refractivity contribution in [2.24, 2.45) is 4.99 Å². The van der Waals surface area contributed by atoms with E-state index >= 15 is 0 Å². The van der Waals surface area contributed by atoms with Gasteiger partial charge in [0, 0.05) is 39.1 Å². The topological polar surface area (TPSA) is 66.0 Å². The number of methoxy groups -OCH3 is 1. The van der Waals surface area contributed by atoms with Crippen molar-refractivity contribution in [2.45, 2.75) is 50.7 Å². The number of carbonyl (C=O) groups is 1. The van der Waals surface area contributed by atoms with Crippen molar-refractivity contribution >= 4 is 11.9 Å². The van der Waals surface area contributed by atoms with Gasteiger partial charge in [0.1, 0.15) is 0 Å². The Kier molecular flexibility index (Phi) is 9.62. The second-order valence-corrected chi connectivity index (χ2v) is 6.22. The Balaban J connectivity index is 2.12. The van der Waals surface area contributed by atoms with Gasteiger partial charge in [-0.05, 0) is 19.3 Å². The molecule has 1 aliphatic heterocycles. The molecule has 1 unspecified atom stereocenters. The average Bonchev–Trinajstić information content (AvgIpc) is 2.97. The number of halogens is 3. The fraction of sp³-hybridized carbons (Fsp3) is 0.875. The van der Waals surface area contributed by atoms with E-state index in [0.717, 1.165) is 32.2 Å². The molecule has 2 N–H and O–H groups in total. The quantitative estimate of drug-likeness (QED) is 0.282. The van der Waals surface area contributed by atoms with E-state index in [9.17, 15) is 18.0 Å². The minimum atomic E-state index is -4.15. The van der Waals surface area contributed by atoms with Gasteiger partial charge in [-0.1, -0.05) is 12.8 Å². The summed E-state index contributed by atoms with van der Waals surface area (Å²) in [5.74, 6) is 0.437. The zero-order valence-corrected chi connectivity index (χ0v) is 15.0. The minimum absolute atomic E-state index is 0.0198. The fourth-order valence-corrected chi connectivity index (χ4v) is 2.79. The third-order valence-electron chi connectivity index (χ3n) is 4.07. The third-order valence-corrected chi connectivity index (χ3v) is 4.07. The molecule has 6 nitrogen and oxygen atoms in total. The van der Waals surface area contributed by atoms with E-state index in [0.29, 0.717) is 31.9 Å². The SMILES string of the molecule is CN=C(NCCCCCCC(=O)OC)NC1CCN(CC(F)(F)F)C1. The van der Waals surface area contributed by atoms with Crippen LogP contribution in [0.2, 0.25) is 0 Å². The molecule has 0 radical (unpaired) electrons. The first-order valence-electron chi connectivity index (χ1n) is 8.67. The number of carbonyl (C=O) groups excluding carboxylic acids is 1. The maximum absolute atomic E-state index is 12.4. The van der Waals surface area contributed by atoms with Crippen molar-refractivity contribution in [2.75, 3.05) is 40.3 Å². The standard InChI is InChI=1S/C16H29F3N4O2/c1-20-15(21-9-6-4-3-5-7-14(24)25-2)22-13-8-10-23(11-13)12-16(17,18)19/h13H,3-12H2,1-2H3,(H2,20,21,22). The number of ether oxygens (including phenoxy) is 1. The summed E-state index contributed by atoms with van der Waals surface area (Å²) in [5.41, 5.74) is 0. The summed E-state index contributed by atoms with van der Waals surface area (Å²) in [7, 11) is 3.03. The van der Waals surface area contributed by atoms with Crippen LogP contribution in [0.3, 0.4) is 0 Å². The van der Waals surface area contributed by atoms with Crippen molar-refractivity contribution in [1.29, 1.82) is 0 Å². The molecule has 0 aromatic heterocycles. The molecular formula is C16H29F3N4O2. The van der Waals surface area contributed by atoms with Gasteiger partial charge in [0.25, 0.3) is 0 Å². The molecule has 0 aromatic rings. The zero-order valence-electron chi connectivity index (χ0n) is 15.0. The van der Waals surface area contributed by atoms with Gasteiger partial charge >= 0.3 is 12.1 Å². The Morgan fingerprint density at radius 1 is 1.28 bits per heavy atom. The summed E-state index contributed by atoms with van der Waals surface area (Å²) in [6.07, 6.45) is 0.668. The Bertz CT molecular complexity index is 430. The molecule has 0 amide bonds. The van der Waals surface area contributed by atoms with Crippen LogP contribution in [0.4, 0.5) is 13.2 Å². The molecule has 146 valence electrons. The monoisotopic (exact) mass is 366 g/mol. The van der Waals surface area contributed by atoms with Crippen LogP contribution in [-0.2, 0) is 9.53 Å². The normalized spacial score (nSPS) is 19.1. The number of likely N-dealkylation sites (tertiary alicyclic amines) is 1. The molecule has 1 aliphatic rings. The van der Waals surface area contributed by atoms with Crippen molar-refractivity contribution < 1.29 is 22.7 Å². The highest BCUT2D eigenvalue weighted by molar-refractivity contribution is 5.80. The number of hydrogen-bond acceptors (Lipinski definition) is 4. The molecular weight excluding hydrogens is 337 g/mol. The van der Waals surface area contributed by atoms with Crippen molar-refractivity contribution in [3.63, 3.8) is 0 Å². The molecule has 9 heteroatoms. The van der Waals surface area contributed by atoms with Gasteiger partial charge in [0.2, 0.25) is 0 Å². The van der Waals surface area contributed by atoms with Crippen LogP contribution in [0.1, 0.15) is 38.5 Å². The summed E-state index contributed by atoms with van der Waals surface area (Å²) in [6, 6.07) is -0.0198. The van der Waals surface area contributed by atoms with Crippen LogP contribution in [0, 0.1) is 0 Å². The predicted octanol–water partition coefficient (Wildman–Crippen LogP) is 1.91. The number of unbranched alkanes of at least 4 members (excludes halogenated alkanes) is 3. The van der Waals surface area contributed by atoms with E-state index in [1.807, 2.05) is 0 Å². The minimum Gasteiger partial charge on any atom is -0.469 e. The van der Waals surface area contributed by atoms with E-state index in [2.05, 4.69) is 20.4 Å². The first-order chi connectivity index (χ1) is 11.8. The maximum atomic E-state index is 12.4. The summed E-state index contributed by atoms with van der Waals surface area (Å²) in [6.45, 7) is 0.682. The number of alkyl halides is 3. The molecule has 0 spiro atoms. The Morgan fingerprint density at radius 2 is 2.00 bits per heavy atom. The summed E-state index contributed by atoms with van der Waals surface area (Å²) in [4.78, 5) is 16.5. The zero-order chi connectivity index (χ0) is 18.7. The molecule has 25 heavy (non-hydrogen) atoms. The number of aliphatic imine (C=N–C) groups is 1. The van der Waals surface area contributed by atoms with Crippen LogP contribution in [0.15, 0.2) is 4.99 Å². The molecule has 1 atom stereocenters. The van der Waals surface area contributed by atoms with E-state index in [4.69, 9.17) is 0 Å². The number of esters is 1. The van der Waals surface area contributed by atoms with Gasteiger partial charge in [0.05, 0.1) is 13.7 Å². The lowest BCUT2D eigenvalue weighted by atomic mass is 10.1. The van der Waals surface area contributed by atoms with Gasteiger partial charge in [-0.25, -0.2) is 0 Å². The number of nitrogens with zero attached hydrogens (tertiary/aromatic N) is 2. The van der Waals surface area contributed by atoms with Gasteiger partial charge in [0.15, 0.2) is 5.96 Å². The van der Waals surface area contributed by atoms with Crippen molar-refractivity contribution in [3.8, 4) is 0 Å². The number of hydrogen-bond donors (Lipinski definition) is 2. The van der Waals surface area contributed by atoms with Gasteiger partial charge in [-0.3, -0.25) is 14.7 Å². The molecule has 0 aromatic carbocycles. The van der Waals surface area contributed by atoms with Crippen LogP contribution in [0.5, 0.6) is 0 Å². The fourth-order valence-electron chi connectivity index (χ4n) is 2.79. The molecule has 1 rings (SSSR count). The second kappa shape index (κ2) is 11.2.